The zero-order valence-corrected chi connectivity index (χ0v) is 6.72. The van der Waals surface area contributed by atoms with E-state index >= 15 is 0 Å². The second-order valence-corrected chi connectivity index (χ2v) is 1.52. The Morgan fingerprint density at radius 1 is 1.60 bits per heavy atom. The third-order valence-corrected chi connectivity index (χ3v) is 1.01. The third-order valence-electron chi connectivity index (χ3n) is 1.01. The highest BCUT2D eigenvalue weighted by atomic mass is 16.3. The quantitative estimate of drug-likeness (QED) is 0.540. The van der Waals surface area contributed by atoms with Gasteiger partial charge in [0.25, 0.3) is 0 Å². The molecule has 0 saturated heterocycles. The van der Waals surface area contributed by atoms with Gasteiger partial charge in [-0.2, -0.15) is 0 Å². The van der Waals surface area contributed by atoms with Crippen molar-refractivity contribution in [1.82, 2.24) is 4.98 Å². The van der Waals surface area contributed by atoms with Gasteiger partial charge in [0.2, 0.25) is 0 Å². The molecule has 1 aromatic rings. The molecule has 0 spiro atoms. The molecule has 0 bridgehead atoms. The van der Waals surface area contributed by atoms with Gasteiger partial charge in [0.1, 0.15) is 0 Å². The van der Waals surface area contributed by atoms with Crippen molar-refractivity contribution >= 4 is 13.5 Å². The van der Waals surface area contributed by atoms with Crippen molar-refractivity contribution in [2.24, 2.45) is 0 Å². The molecular formula is C7H12BNO. The van der Waals surface area contributed by atoms with Crippen molar-refractivity contribution in [1.29, 1.82) is 0 Å². The van der Waals surface area contributed by atoms with Crippen LogP contribution in [0.2, 0.25) is 0 Å². The Kier molecular flexibility index (Phi) is 4.72. The summed E-state index contributed by atoms with van der Waals surface area (Å²) in [7, 11) is 5.32. The van der Waals surface area contributed by atoms with E-state index in [4.69, 9.17) is 12.3 Å². The Morgan fingerprint density at radius 3 is 2.40 bits per heavy atom. The van der Waals surface area contributed by atoms with Gasteiger partial charge < -0.3 is 4.42 Å². The Morgan fingerprint density at radius 2 is 2.20 bits per heavy atom. The Hall–Kier alpha value is -0.725. The molecule has 0 amide bonds. The maximum atomic E-state index is 5.32. The van der Waals surface area contributed by atoms with Crippen molar-refractivity contribution in [2.75, 3.05) is 0 Å². The van der Waals surface area contributed by atoms with Gasteiger partial charge in [-0.25, -0.2) is 4.98 Å². The van der Waals surface area contributed by atoms with Crippen LogP contribution in [0.5, 0.6) is 0 Å². The lowest BCUT2D eigenvalue weighted by atomic mass is 10.0. The molecular weight excluding hydrogens is 125 g/mol. The number of aromatic nitrogens is 1. The molecule has 0 aliphatic heterocycles. The van der Waals surface area contributed by atoms with E-state index in [0.717, 1.165) is 12.1 Å². The average molecular weight is 137 g/mol. The summed E-state index contributed by atoms with van der Waals surface area (Å²) in [5.41, 5.74) is 1.28. The van der Waals surface area contributed by atoms with Crippen LogP contribution in [0, 0.1) is 0 Å². The lowest BCUT2D eigenvalue weighted by molar-refractivity contribution is 0.589. The topological polar surface area (TPSA) is 26.0 Å². The van der Waals surface area contributed by atoms with Gasteiger partial charge in [0.15, 0.2) is 14.2 Å². The van der Waals surface area contributed by atoms with Crippen LogP contribution in [0.3, 0.4) is 0 Å². The number of hydrogen-bond donors (Lipinski definition) is 0. The molecule has 0 aliphatic carbocycles. The van der Waals surface area contributed by atoms with Gasteiger partial charge >= 0.3 is 0 Å². The van der Waals surface area contributed by atoms with E-state index in [1.54, 1.807) is 0 Å². The van der Waals surface area contributed by atoms with E-state index < -0.39 is 0 Å². The molecule has 0 aromatic carbocycles. The fourth-order valence-electron chi connectivity index (χ4n) is 0.544. The second-order valence-electron chi connectivity index (χ2n) is 1.52. The Bertz CT molecular complexity index is 174. The third kappa shape index (κ3) is 2.25. The Balaban J connectivity index is 0.000000371. The van der Waals surface area contributed by atoms with Gasteiger partial charge in [-0.3, -0.25) is 0 Å². The molecule has 0 atom stereocenters. The predicted octanol–water partition coefficient (Wildman–Crippen LogP) is 1.06. The van der Waals surface area contributed by atoms with E-state index in [-0.39, 0.29) is 0 Å². The summed E-state index contributed by atoms with van der Waals surface area (Å²) in [5.74, 6) is 0. The highest BCUT2D eigenvalue weighted by Crippen LogP contribution is 1.88. The van der Waals surface area contributed by atoms with Gasteiger partial charge in [-0.1, -0.05) is 20.8 Å². The van der Waals surface area contributed by atoms with Crippen LogP contribution < -0.4 is 5.66 Å². The molecule has 1 aromatic heterocycles. The summed E-state index contributed by atoms with van der Waals surface area (Å²) in [6.45, 7) is 5.98. The summed E-state index contributed by atoms with van der Waals surface area (Å²) < 4.78 is 4.72. The minimum atomic E-state index is 0.438. The van der Waals surface area contributed by atoms with E-state index in [9.17, 15) is 0 Å². The van der Waals surface area contributed by atoms with E-state index in [1.807, 2.05) is 20.8 Å². The number of oxazole rings is 1. The first kappa shape index (κ1) is 9.27. The summed E-state index contributed by atoms with van der Waals surface area (Å²) in [5, 5.41) is 0. The van der Waals surface area contributed by atoms with Crippen LogP contribution in [-0.4, -0.2) is 12.8 Å². The zero-order chi connectivity index (χ0) is 7.98. The number of nitrogens with zero attached hydrogens (tertiary/aromatic N) is 1. The number of hydrogen-bond acceptors (Lipinski definition) is 2. The van der Waals surface area contributed by atoms with Crippen LogP contribution in [0.1, 0.15) is 26.5 Å². The smallest absolute Gasteiger partial charge is 0.179 e. The molecule has 3 heteroatoms. The molecule has 0 aliphatic rings. The van der Waals surface area contributed by atoms with Crippen LogP contribution in [0.25, 0.3) is 0 Å². The first-order valence-electron chi connectivity index (χ1n) is 3.52. The van der Waals surface area contributed by atoms with Gasteiger partial charge in [-0.15, -0.1) is 0 Å². The Labute approximate surface area is 63.1 Å². The monoisotopic (exact) mass is 137 g/mol. The first-order chi connectivity index (χ1) is 4.84. The minimum absolute atomic E-state index is 0.438. The SMILES string of the molecule is CC.[B]c1ocnc1CC. The predicted molar refractivity (Wildman–Crippen MR) is 42.6 cm³/mol. The summed E-state index contributed by atoms with van der Waals surface area (Å²) in [6, 6.07) is 0. The van der Waals surface area contributed by atoms with Crippen molar-refractivity contribution in [3.63, 3.8) is 0 Å². The molecule has 2 radical (unpaired) electrons. The molecule has 0 fully saturated rings. The van der Waals surface area contributed by atoms with Crippen molar-refractivity contribution in [3.8, 4) is 0 Å². The normalized spacial score (nSPS) is 8.30. The van der Waals surface area contributed by atoms with Crippen molar-refractivity contribution < 1.29 is 4.42 Å². The van der Waals surface area contributed by atoms with Gasteiger partial charge in [0.05, 0.1) is 11.4 Å². The summed E-state index contributed by atoms with van der Waals surface area (Å²) in [4.78, 5) is 3.84. The minimum Gasteiger partial charge on any atom is -0.460 e. The molecule has 0 saturated carbocycles. The fraction of sp³-hybridized carbons (Fsp3) is 0.571. The van der Waals surface area contributed by atoms with Crippen LogP contribution in [0.4, 0.5) is 0 Å². The van der Waals surface area contributed by atoms with Crippen LogP contribution in [0.15, 0.2) is 10.8 Å². The average Bonchev–Trinajstić information content (AvgIpc) is 2.39. The molecule has 0 N–H and O–H groups in total. The van der Waals surface area contributed by atoms with E-state index in [2.05, 4.69) is 4.98 Å². The molecule has 1 rings (SSSR count). The summed E-state index contributed by atoms with van der Waals surface area (Å²) >= 11 is 0. The second kappa shape index (κ2) is 5.09. The molecule has 54 valence electrons. The fourth-order valence-corrected chi connectivity index (χ4v) is 0.544. The maximum absolute atomic E-state index is 5.32. The number of rotatable bonds is 1. The molecule has 2 nitrogen and oxygen atoms in total. The number of aryl methyl sites for hydroxylation is 1. The van der Waals surface area contributed by atoms with Crippen molar-refractivity contribution in [2.45, 2.75) is 27.2 Å². The van der Waals surface area contributed by atoms with Crippen molar-refractivity contribution in [3.05, 3.63) is 12.1 Å². The largest absolute Gasteiger partial charge is 0.460 e. The molecule has 1 heterocycles. The summed E-state index contributed by atoms with van der Waals surface area (Å²) in [6.07, 6.45) is 2.19. The van der Waals surface area contributed by atoms with Crippen LogP contribution in [-0.2, 0) is 6.42 Å². The lowest BCUT2D eigenvalue weighted by Gasteiger charge is -1.84. The zero-order valence-electron chi connectivity index (χ0n) is 6.72. The van der Waals surface area contributed by atoms with Crippen LogP contribution >= 0.6 is 0 Å². The highest BCUT2D eigenvalue weighted by Gasteiger charge is 1.95. The standard InChI is InChI=1S/C5H6BNO.C2H6/c1-2-4-5(6)8-3-7-4;1-2/h3H,2H2,1H3;1-2H3. The van der Waals surface area contributed by atoms with E-state index in [1.165, 1.54) is 6.39 Å². The maximum Gasteiger partial charge on any atom is 0.179 e. The van der Waals surface area contributed by atoms with Gasteiger partial charge in [-0.05, 0) is 6.42 Å². The first-order valence-corrected chi connectivity index (χ1v) is 3.52. The van der Waals surface area contributed by atoms with E-state index in [0.29, 0.717) is 5.66 Å². The molecule has 10 heavy (non-hydrogen) atoms. The highest BCUT2D eigenvalue weighted by molar-refractivity contribution is 6.30. The molecule has 0 unspecified atom stereocenters. The van der Waals surface area contributed by atoms with Gasteiger partial charge in [0, 0.05) is 0 Å². The lowest BCUT2D eigenvalue weighted by Crippen LogP contribution is -2.04.